The van der Waals surface area contributed by atoms with Crippen molar-refractivity contribution < 1.29 is 22.7 Å². The minimum absolute atomic E-state index is 0.0504. The third-order valence-corrected chi connectivity index (χ3v) is 5.82. The van der Waals surface area contributed by atoms with Crippen molar-refractivity contribution >= 4 is 27.6 Å². The van der Waals surface area contributed by atoms with Crippen LogP contribution in [0.4, 0.5) is 5.69 Å². The molecule has 0 spiro atoms. The first kappa shape index (κ1) is 19.1. The zero-order chi connectivity index (χ0) is 19.4. The molecule has 7 nitrogen and oxygen atoms in total. The summed E-state index contributed by atoms with van der Waals surface area (Å²) in [6, 6.07) is 14.2. The van der Waals surface area contributed by atoms with Crippen LogP contribution < -0.4 is 9.62 Å². The van der Waals surface area contributed by atoms with Crippen molar-refractivity contribution in [2.45, 2.75) is 24.3 Å². The third-order valence-electron chi connectivity index (χ3n) is 4.27. The van der Waals surface area contributed by atoms with Gasteiger partial charge in [0.05, 0.1) is 4.90 Å². The Morgan fingerprint density at radius 1 is 1.11 bits per heavy atom. The molecule has 0 saturated carbocycles. The van der Waals surface area contributed by atoms with Crippen LogP contribution in [0.15, 0.2) is 59.5 Å². The van der Waals surface area contributed by atoms with Gasteiger partial charge in [-0.05, 0) is 37.1 Å². The minimum Gasteiger partial charge on any atom is -0.454 e. The number of anilines is 1. The SMILES string of the molecule is CC(NS(=O)(=O)c1ccccc1)C(=O)OCC(=O)N1CCc2ccccc21. The van der Waals surface area contributed by atoms with E-state index in [1.54, 1.807) is 23.1 Å². The largest absolute Gasteiger partial charge is 0.454 e. The molecule has 0 fully saturated rings. The van der Waals surface area contributed by atoms with E-state index in [1.165, 1.54) is 19.1 Å². The summed E-state index contributed by atoms with van der Waals surface area (Å²) in [5.74, 6) is -1.15. The van der Waals surface area contributed by atoms with Gasteiger partial charge in [0.1, 0.15) is 6.04 Å². The summed E-state index contributed by atoms with van der Waals surface area (Å²) in [7, 11) is -3.84. The number of benzene rings is 2. The molecule has 1 aliphatic heterocycles. The molecule has 0 aliphatic carbocycles. The number of nitrogens with one attached hydrogen (secondary N) is 1. The third kappa shape index (κ3) is 4.35. The zero-order valence-electron chi connectivity index (χ0n) is 14.8. The van der Waals surface area contributed by atoms with Crippen molar-refractivity contribution in [3.8, 4) is 0 Å². The van der Waals surface area contributed by atoms with Crippen LogP contribution in [-0.2, 0) is 30.8 Å². The van der Waals surface area contributed by atoms with Gasteiger partial charge in [-0.2, -0.15) is 4.72 Å². The number of para-hydroxylation sites is 1. The first-order chi connectivity index (χ1) is 12.9. The van der Waals surface area contributed by atoms with E-state index in [0.29, 0.717) is 6.54 Å². The number of esters is 1. The van der Waals surface area contributed by atoms with Crippen molar-refractivity contribution in [3.63, 3.8) is 0 Å². The Labute approximate surface area is 158 Å². The molecule has 3 rings (SSSR count). The predicted octanol–water partition coefficient (Wildman–Crippen LogP) is 1.49. The zero-order valence-corrected chi connectivity index (χ0v) is 15.6. The average molecular weight is 388 g/mol. The number of fused-ring (bicyclic) bond motifs is 1. The van der Waals surface area contributed by atoms with Crippen LogP contribution in [0.5, 0.6) is 0 Å². The van der Waals surface area contributed by atoms with Crippen molar-refractivity contribution in [1.82, 2.24) is 4.72 Å². The molecule has 1 aliphatic rings. The normalized spacial score (nSPS) is 14.5. The highest BCUT2D eigenvalue weighted by Gasteiger charge is 2.27. The molecule has 2 aromatic carbocycles. The number of amides is 1. The summed E-state index contributed by atoms with van der Waals surface area (Å²) < 4.78 is 31.7. The molecule has 0 bridgehead atoms. The van der Waals surface area contributed by atoms with Gasteiger partial charge in [-0.3, -0.25) is 9.59 Å². The number of hydrogen-bond acceptors (Lipinski definition) is 5. The van der Waals surface area contributed by atoms with Crippen LogP contribution in [0.2, 0.25) is 0 Å². The van der Waals surface area contributed by atoms with Crippen LogP contribution in [0.3, 0.4) is 0 Å². The van der Waals surface area contributed by atoms with Gasteiger partial charge in [-0.25, -0.2) is 8.42 Å². The Hall–Kier alpha value is -2.71. The summed E-state index contributed by atoms with van der Waals surface area (Å²) >= 11 is 0. The molecule has 27 heavy (non-hydrogen) atoms. The number of rotatable bonds is 6. The molecule has 0 aromatic heterocycles. The lowest BCUT2D eigenvalue weighted by atomic mass is 10.2. The van der Waals surface area contributed by atoms with Crippen molar-refractivity contribution in [2.24, 2.45) is 0 Å². The highest BCUT2D eigenvalue weighted by molar-refractivity contribution is 7.89. The van der Waals surface area contributed by atoms with Crippen molar-refractivity contribution in [3.05, 3.63) is 60.2 Å². The lowest BCUT2D eigenvalue weighted by Gasteiger charge is -2.18. The maximum atomic E-state index is 12.4. The Bertz CT molecular complexity index is 944. The van der Waals surface area contributed by atoms with E-state index in [-0.39, 0.29) is 10.8 Å². The van der Waals surface area contributed by atoms with Gasteiger partial charge in [0, 0.05) is 12.2 Å². The first-order valence-electron chi connectivity index (χ1n) is 8.51. The number of carbonyl (C=O) groups excluding carboxylic acids is 2. The highest BCUT2D eigenvalue weighted by atomic mass is 32.2. The van der Waals surface area contributed by atoms with Gasteiger partial charge >= 0.3 is 5.97 Å². The number of ether oxygens (including phenoxy) is 1. The second-order valence-electron chi connectivity index (χ2n) is 6.19. The predicted molar refractivity (Wildman–Crippen MR) is 99.7 cm³/mol. The van der Waals surface area contributed by atoms with Gasteiger partial charge in [0.15, 0.2) is 6.61 Å². The quantitative estimate of drug-likeness (QED) is 0.757. The Balaban J connectivity index is 1.56. The fourth-order valence-electron chi connectivity index (χ4n) is 2.88. The van der Waals surface area contributed by atoms with E-state index in [1.807, 2.05) is 24.3 Å². The number of hydrogen-bond donors (Lipinski definition) is 1. The molecule has 1 heterocycles. The lowest BCUT2D eigenvalue weighted by Crippen LogP contribution is -2.41. The smallest absolute Gasteiger partial charge is 0.324 e. The molecular weight excluding hydrogens is 368 g/mol. The van der Waals surface area contributed by atoms with Gasteiger partial charge in [-0.15, -0.1) is 0 Å². The van der Waals surface area contributed by atoms with Crippen LogP contribution in [0.25, 0.3) is 0 Å². The van der Waals surface area contributed by atoms with Crippen LogP contribution >= 0.6 is 0 Å². The number of sulfonamides is 1. The molecule has 1 unspecified atom stereocenters. The van der Waals surface area contributed by atoms with Crippen LogP contribution in [0.1, 0.15) is 12.5 Å². The molecule has 0 saturated heterocycles. The van der Waals surface area contributed by atoms with E-state index in [4.69, 9.17) is 4.74 Å². The number of carbonyl (C=O) groups is 2. The standard InChI is InChI=1S/C19H20N2O5S/c1-14(20-27(24,25)16-8-3-2-4-9-16)19(23)26-13-18(22)21-12-11-15-7-5-6-10-17(15)21/h2-10,14,20H,11-13H2,1H3. The Morgan fingerprint density at radius 3 is 2.52 bits per heavy atom. The molecule has 0 radical (unpaired) electrons. The molecule has 8 heteroatoms. The van der Waals surface area contributed by atoms with Gasteiger partial charge in [-0.1, -0.05) is 36.4 Å². The maximum Gasteiger partial charge on any atom is 0.324 e. The molecule has 1 amide bonds. The van der Waals surface area contributed by atoms with Gasteiger partial charge in [0.25, 0.3) is 5.91 Å². The summed E-state index contributed by atoms with van der Waals surface area (Å²) in [5, 5.41) is 0. The van der Waals surface area contributed by atoms with Crippen LogP contribution in [-0.4, -0.2) is 39.5 Å². The molecule has 2 aromatic rings. The van der Waals surface area contributed by atoms with Crippen LogP contribution in [0, 0.1) is 0 Å². The monoisotopic (exact) mass is 388 g/mol. The van der Waals surface area contributed by atoms with Crippen molar-refractivity contribution in [2.75, 3.05) is 18.1 Å². The average Bonchev–Trinajstić information content (AvgIpc) is 3.10. The van der Waals surface area contributed by atoms with Gasteiger partial charge in [0.2, 0.25) is 10.0 Å². The summed E-state index contributed by atoms with van der Waals surface area (Å²) in [5.41, 5.74) is 1.89. The Kier molecular flexibility index (Phi) is 5.57. The Morgan fingerprint density at radius 2 is 1.78 bits per heavy atom. The molecule has 142 valence electrons. The summed E-state index contributed by atoms with van der Waals surface area (Å²) in [6.07, 6.45) is 0.753. The summed E-state index contributed by atoms with van der Waals surface area (Å²) in [4.78, 5) is 26.1. The fourth-order valence-corrected chi connectivity index (χ4v) is 4.09. The highest BCUT2D eigenvalue weighted by Crippen LogP contribution is 2.27. The molecular formula is C19H20N2O5S. The van der Waals surface area contributed by atoms with E-state index in [2.05, 4.69) is 4.72 Å². The fraction of sp³-hybridized carbons (Fsp3) is 0.263. The second kappa shape index (κ2) is 7.89. The van der Waals surface area contributed by atoms with E-state index < -0.39 is 28.6 Å². The molecule has 1 atom stereocenters. The lowest BCUT2D eigenvalue weighted by molar-refractivity contribution is -0.149. The summed E-state index contributed by atoms with van der Waals surface area (Å²) in [6.45, 7) is 1.47. The second-order valence-corrected chi connectivity index (χ2v) is 7.90. The van der Waals surface area contributed by atoms with E-state index in [9.17, 15) is 18.0 Å². The minimum atomic E-state index is -3.84. The molecule has 1 N–H and O–H groups in total. The topological polar surface area (TPSA) is 92.8 Å². The van der Waals surface area contributed by atoms with E-state index in [0.717, 1.165) is 17.7 Å². The first-order valence-corrected chi connectivity index (χ1v) is 9.99. The van der Waals surface area contributed by atoms with E-state index >= 15 is 0 Å². The van der Waals surface area contributed by atoms with Gasteiger partial charge < -0.3 is 9.64 Å². The maximum absolute atomic E-state index is 12.4. The number of nitrogens with zero attached hydrogens (tertiary/aromatic N) is 1. The van der Waals surface area contributed by atoms with Crippen molar-refractivity contribution in [1.29, 1.82) is 0 Å².